The van der Waals surface area contributed by atoms with E-state index in [1.165, 1.54) is 30.6 Å². The van der Waals surface area contributed by atoms with Gasteiger partial charge in [0, 0.05) is 12.0 Å². The number of rotatable bonds is 0. The van der Waals surface area contributed by atoms with Gasteiger partial charge in [-0.1, -0.05) is 18.2 Å². The third kappa shape index (κ3) is 1.14. The highest BCUT2D eigenvalue weighted by molar-refractivity contribution is 5.51. The number of para-hydroxylation sites is 1. The highest BCUT2D eigenvalue weighted by atomic mass is 15.3. The van der Waals surface area contributed by atoms with E-state index in [-0.39, 0.29) is 0 Å². The van der Waals surface area contributed by atoms with E-state index in [0.29, 0.717) is 0 Å². The average Bonchev–Trinajstić information content (AvgIpc) is 2.04. The maximum Gasteiger partial charge on any atom is 0.135 e. The van der Waals surface area contributed by atoms with Gasteiger partial charge in [0.05, 0.1) is 20.6 Å². The van der Waals surface area contributed by atoms with Gasteiger partial charge in [0.25, 0.3) is 0 Å². The van der Waals surface area contributed by atoms with Gasteiger partial charge in [-0.2, -0.15) is 0 Å². The molecule has 0 saturated heterocycles. The van der Waals surface area contributed by atoms with Crippen LogP contribution in [0.25, 0.3) is 0 Å². The maximum atomic E-state index is 2.29. The van der Waals surface area contributed by atoms with Gasteiger partial charge >= 0.3 is 0 Å². The standard InChI is InChI=1S/C11H16N/c1-12(2)9-5-7-10-6-3-4-8-11(10)12/h3-4,6,8H,5,7,9H2,1-2H3/q+1. The monoisotopic (exact) mass is 162 g/mol. The molecule has 0 spiro atoms. The van der Waals surface area contributed by atoms with Crippen molar-refractivity contribution in [2.75, 3.05) is 20.6 Å². The van der Waals surface area contributed by atoms with Crippen LogP contribution in [-0.4, -0.2) is 20.6 Å². The van der Waals surface area contributed by atoms with Crippen molar-refractivity contribution in [3.05, 3.63) is 29.8 Å². The summed E-state index contributed by atoms with van der Waals surface area (Å²) in [5, 5.41) is 0. The van der Waals surface area contributed by atoms with E-state index in [9.17, 15) is 0 Å². The molecule has 1 aromatic rings. The SMILES string of the molecule is C[N+]1(C)CCCc2ccccc21. The van der Waals surface area contributed by atoms with Crippen molar-refractivity contribution < 1.29 is 0 Å². The molecule has 0 aliphatic carbocycles. The lowest BCUT2D eigenvalue weighted by atomic mass is 10.0. The molecule has 1 aromatic carbocycles. The molecule has 2 rings (SSSR count). The van der Waals surface area contributed by atoms with E-state index in [4.69, 9.17) is 0 Å². The second-order valence-electron chi connectivity index (χ2n) is 4.14. The summed E-state index contributed by atoms with van der Waals surface area (Å²) in [6, 6.07) is 8.80. The van der Waals surface area contributed by atoms with Gasteiger partial charge in [-0.3, -0.25) is 4.48 Å². The van der Waals surface area contributed by atoms with Crippen molar-refractivity contribution in [1.29, 1.82) is 0 Å². The molecule has 0 unspecified atom stereocenters. The molecule has 0 bridgehead atoms. The summed E-state index contributed by atoms with van der Waals surface area (Å²) in [5.74, 6) is 0. The Kier molecular flexibility index (Phi) is 1.69. The minimum Gasteiger partial charge on any atom is -0.296 e. The fourth-order valence-electron chi connectivity index (χ4n) is 2.10. The molecule has 0 aromatic heterocycles. The fourth-order valence-corrected chi connectivity index (χ4v) is 2.10. The van der Waals surface area contributed by atoms with Crippen molar-refractivity contribution in [2.45, 2.75) is 12.8 Å². The molecule has 0 fully saturated rings. The summed E-state index contributed by atoms with van der Waals surface area (Å²) in [6.45, 7) is 1.27. The number of hydrogen-bond donors (Lipinski definition) is 0. The smallest absolute Gasteiger partial charge is 0.135 e. The molecule has 1 aliphatic heterocycles. The Labute approximate surface area is 74.2 Å². The average molecular weight is 162 g/mol. The molecule has 0 radical (unpaired) electrons. The van der Waals surface area contributed by atoms with Crippen LogP contribution in [-0.2, 0) is 6.42 Å². The molecule has 0 N–H and O–H groups in total. The molecule has 12 heavy (non-hydrogen) atoms. The Hall–Kier alpha value is -0.820. The first-order chi connectivity index (χ1) is 5.70. The molecule has 1 nitrogen and oxygen atoms in total. The van der Waals surface area contributed by atoms with Crippen LogP contribution >= 0.6 is 0 Å². The van der Waals surface area contributed by atoms with Crippen LogP contribution in [0.1, 0.15) is 12.0 Å². The first-order valence-electron chi connectivity index (χ1n) is 4.62. The van der Waals surface area contributed by atoms with Gasteiger partial charge in [-0.25, -0.2) is 0 Å². The summed E-state index contributed by atoms with van der Waals surface area (Å²) in [6.07, 6.45) is 2.59. The van der Waals surface area contributed by atoms with Gasteiger partial charge < -0.3 is 0 Å². The summed E-state index contributed by atoms with van der Waals surface area (Å²) in [5.41, 5.74) is 3.04. The lowest BCUT2D eigenvalue weighted by Crippen LogP contribution is -2.44. The van der Waals surface area contributed by atoms with Gasteiger partial charge in [-0.15, -0.1) is 0 Å². The molecule has 0 saturated carbocycles. The minimum atomic E-state index is 1.05. The highest BCUT2D eigenvalue weighted by Gasteiger charge is 2.25. The van der Waals surface area contributed by atoms with Gasteiger partial charge in [-0.05, 0) is 12.5 Å². The molecule has 0 amide bonds. The Bertz CT molecular complexity index is 289. The van der Waals surface area contributed by atoms with Crippen LogP contribution in [0.4, 0.5) is 5.69 Å². The van der Waals surface area contributed by atoms with E-state index < -0.39 is 0 Å². The first kappa shape index (κ1) is 7.81. The molecule has 1 heterocycles. The summed E-state index contributed by atoms with van der Waals surface area (Å²) >= 11 is 0. The van der Waals surface area contributed by atoms with Crippen LogP contribution in [0.2, 0.25) is 0 Å². The molecular formula is C11H16N+. The predicted molar refractivity (Wildman–Crippen MR) is 53.3 cm³/mol. The Balaban J connectivity index is 2.52. The zero-order valence-corrected chi connectivity index (χ0v) is 7.88. The van der Waals surface area contributed by atoms with E-state index in [2.05, 4.69) is 38.4 Å². The van der Waals surface area contributed by atoms with Crippen molar-refractivity contribution in [1.82, 2.24) is 4.48 Å². The number of hydrogen-bond acceptors (Lipinski definition) is 0. The second kappa shape index (κ2) is 2.60. The van der Waals surface area contributed by atoms with Crippen molar-refractivity contribution >= 4 is 5.69 Å². The van der Waals surface area contributed by atoms with Gasteiger partial charge in [0.2, 0.25) is 0 Å². The van der Waals surface area contributed by atoms with Crippen molar-refractivity contribution in [3.8, 4) is 0 Å². The fraction of sp³-hybridized carbons (Fsp3) is 0.455. The summed E-state index contributed by atoms with van der Waals surface area (Å²) in [4.78, 5) is 0. The number of quaternary nitrogens is 1. The number of aryl methyl sites for hydroxylation is 1. The van der Waals surface area contributed by atoms with Crippen molar-refractivity contribution in [2.24, 2.45) is 0 Å². The van der Waals surface area contributed by atoms with Crippen LogP contribution in [0, 0.1) is 0 Å². The predicted octanol–water partition coefficient (Wildman–Crippen LogP) is 2.20. The third-order valence-corrected chi connectivity index (χ3v) is 2.81. The molecule has 64 valence electrons. The molecule has 1 aliphatic rings. The van der Waals surface area contributed by atoms with Gasteiger partial charge in [0.15, 0.2) is 0 Å². The quantitative estimate of drug-likeness (QED) is 0.513. The van der Waals surface area contributed by atoms with E-state index in [1.807, 2.05) is 0 Å². The Morgan fingerprint density at radius 3 is 2.67 bits per heavy atom. The first-order valence-corrected chi connectivity index (χ1v) is 4.62. The van der Waals surface area contributed by atoms with Crippen LogP contribution in [0.3, 0.4) is 0 Å². The third-order valence-electron chi connectivity index (χ3n) is 2.81. The topological polar surface area (TPSA) is 0 Å². The lowest BCUT2D eigenvalue weighted by molar-refractivity contribution is 0.370. The zero-order chi connectivity index (χ0) is 8.60. The molecule has 0 atom stereocenters. The Morgan fingerprint density at radius 1 is 1.17 bits per heavy atom. The number of benzene rings is 1. The van der Waals surface area contributed by atoms with Gasteiger partial charge in [0.1, 0.15) is 5.69 Å². The largest absolute Gasteiger partial charge is 0.296 e. The Morgan fingerprint density at radius 2 is 1.92 bits per heavy atom. The summed E-state index contributed by atoms with van der Waals surface area (Å²) in [7, 11) is 4.58. The van der Waals surface area contributed by atoms with Crippen molar-refractivity contribution in [3.63, 3.8) is 0 Å². The number of nitrogens with zero attached hydrogens (tertiary/aromatic N) is 1. The molecule has 1 heteroatoms. The normalized spacial score (nSPS) is 20.2. The van der Waals surface area contributed by atoms with Crippen LogP contribution in [0.5, 0.6) is 0 Å². The maximum absolute atomic E-state index is 2.29. The van der Waals surface area contributed by atoms with E-state index in [1.54, 1.807) is 0 Å². The second-order valence-corrected chi connectivity index (χ2v) is 4.14. The zero-order valence-electron chi connectivity index (χ0n) is 7.88. The van der Waals surface area contributed by atoms with Crippen LogP contribution in [0.15, 0.2) is 24.3 Å². The summed E-state index contributed by atoms with van der Waals surface area (Å²) < 4.78 is 1.05. The molecular weight excluding hydrogens is 146 g/mol. The van der Waals surface area contributed by atoms with E-state index >= 15 is 0 Å². The minimum absolute atomic E-state index is 1.05. The van der Waals surface area contributed by atoms with E-state index in [0.717, 1.165) is 4.48 Å². The van der Waals surface area contributed by atoms with Crippen LogP contribution < -0.4 is 4.48 Å². The highest BCUT2D eigenvalue weighted by Crippen LogP contribution is 2.29. The lowest BCUT2D eigenvalue weighted by Gasteiger charge is -2.34. The number of fused-ring (bicyclic) bond motifs is 1.